The fourth-order valence-corrected chi connectivity index (χ4v) is 6.15. The van der Waals surface area contributed by atoms with Gasteiger partial charge in [-0.15, -0.1) is 0 Å². The standard InChI is InChI=1S/C32H63NO12S/c1-3-5-7-8-9-10-11-12-13-14-15-16-17-19-21-26(36)31(39)33-24(25(35)20-18-6-4-2)23-43-32-29(38)30(45-46(40,41)42)28(37)27(22-34)44-32/h24-30,32,34-38H,3-23H2,1-2H3,(H,33,39)(H,40,41,42). The number of rotatable bonds is 28. The summed E-state index contributed by atoms with van der Waals surface area (Å²) in [5.41, 5.74) is 0. The van der Waals surface area contributed by atoms with Crippen LogP contribution in [-0.4, -0.2) is 107 Å². The number of aliphatic hydroxyl groups is 5. The first-order valence-electron chi connectivity index (χ1n) is 17.5. The minimum Gasteiger partial charge on any atom is -0.394 e. The van der Waals surface area contributed by atoms with E-state index in [1.807, 2.05) is 6.92 Å². The first kappa shape index (κ1) is 43.1. The molecule has 1 rings (SSSR count). The van der Waals surface area contributed by atoms with Crippen LogP contribution in [0.3, 0.4) is 0 Å². The Kier molecular flexibility index (Phi) is 23.5. The van der Waals surface area contributed by atoms with Gasteiger partial charge in [0.1, 0.15) is 30.5 Å². The molecule has 1 aliphatic heterocycles. The van der Waals surface area contributed by atoms with E-state index in [0.29, 0.717) is 19.3 Å². The predicted molar refractivity (Wildman–Crippen MR) is 173 cm³/mol. The highest BCUT2D eigenvalue weighted by Gasteiger charge is 2.48. The summed E-state index contributed by atoms with van der Waals surface area (Å²) in [5.74, 6) is -0.681. The lowest BCUT2D eigenvalue weighted by atomic mass is 9.99. The molecule has 0 aromatic rings. The Hall–Kier alpha value is -0.940. The molecule has 1 fully saturated rings. The van der Waals surface area contributed by atoms with Crippen LogP contribution in [0.1, 0.15) is 136 Å². The second-order valence-electron chi connectivity index (χ2n) is 12.6. The van der Waals surface area contributed by atoms with Gasteiger partial charge in [0.15, 0.2) is 6.29 Å². The summed E-state index contributed by atoms with van der Waals surface area (Å²) in [6, 6.07) is -1.02. The molecule has 0 aliphatic carbocycles. The maximum Gasteiger partial charge on any atom is 0.397 e. The molecule has 0 radical (unpaired) electrons. The van der Waals surface area contributed by atoms with Crippen LogP contribution >= 0.6 is 0 Å². The van der Waals surface area contributed by atoms with Crippen molar-refractivity contribution in [1.29, 1.82) is 0 Å². The minimum absolute atomic E-state index is 0.262. The van der Waals surface area contributed by atoms with Gasteiger partial charge in [0.2, 0.25) is 5.91 Å². The van der Waals surface area contributed by atoms with Gasteiger partial charge in [0.25, 0.3) is 0 Å². The lowest BCUT2D eigenvalue weighted by molar-refractivity contribution is -0.298. The number of aliphatic hydroxyl groups excluding tert-OH is 5. The number of amides is 1. The lowest BCUT2D eigenvalue weighted by Crippen LogP contribution is -2.61. The van der Waals surface area contributed by atoms with Gasteiger partial charge in [-0.05, 0) is 12.8 Å². The Morgan fingerprint density at radius 3 is 1.76 bits per heavy atom. The fraction of sp³-hybridized carbons (Fsp3) is 0.969. The molecule has 8 unspecified atom stereocenters. The van der Waals surface area contributed by atoms with Crippen molar-refractivity contribution in [1.82, 2.24) is 5.32 Å². The number of nitrogens with one attached hydrogen (secondary N) is 1. The highest BCUT2D eigenvalue weighted by molar-refractivity contribution is 7.80. The molecular weight excluding hydrogens is 622 g/mol. The van der Waals surface area contributed by atoms with Crippen LogP contribution in [0.2, 0.25) is 0 Å². The molecule has 1 amide bonds. The van der Waals surface area contributed by atoms with E-state index in [2.05, 4.69) is 16.4 Å². The molecular formula is C32H63NO12S. The Morgan fingerprint density at radius 1 is 0.783 bits per heavy atom. The van der Waals surface area contributed by atoms with E-state index in [1.54, 1.807) is 0 Å². The Bertz CT molecular complexity index is 879. The third-order valence-electron chi connectivity index (χ3n) is 8.52. The van der Waals surface area contributed by atoms with Crippen LogP contribution in [0, 0.1) is 0 Å². The zero-order valence-corrected chi connectivity index (χ0v) is 28.8. The zero-order valence-electron chi connectivity index (χ0n) is 28.0. The number of hydrogen-bond donors (Lipinski definition) is 7. The van der Waals surface area contributed by atoms with Gasteiger partial charge in [-0.3, -0.25) is 9.35 Å². The molecule has 1 aliphatic rings. The summed E-state index contributed by atoms with van der Waals surface area (Å²) >= 11 is 0. The molecule has 0 spiro atoms. The molecule has 14 heteroatoms. The third-order valence-corrected chi connectivity index (χ3v) is 8.99. The molecule has 0 bridgehead atoms. The van der Waals surface area contributed by atoms with E-state index in [4.69, 9.17) is 14.0 Å². The largest absolute Gasteiger partial charge is 0.397 e. The molecule has 0 saturated carbocycles. The van der Waals surface area contributed by atoms with Crippen LogP contribution in [-0.2, 0) is 28.9 Å². The second-order valence-corrected chi connectivity index (χ2v) is 13.7. The van der Waals surface area contributed by atoms with Crippen molar-refractivity contribution in [2.24, 2.45) is 0 Å². The first-order valence-corrected chi connectivity index (χ1v) is 18.9. The Labute approximate surface area is 276 Å². The maximum atomic E-state index is 12.8. The highest BCUT2D eigenvalue weighted by Crippen LogP contribution is 2.26. The van der Waals surface area contributed by atoms with Gasteiger partial charge in [0.05, 0.1) is 25.4 Å². The molecule has 1 heterocycles. The average molecular weight is 686 g/mol. The van der Waals surface area contributed by atoms with Gasteiger partial charge < -0.3 is 40.3 Å². The zero-order chi connectivity index (χ0) is 34.4. The van der Waals surface area contributed by atoms with Gasteiger partial charge in [-0.1, -0.05) is 123 Å². The quantitative estimate of drug-likeness (QED) is 0.0467. The second kappa shape index (κ2) is 25.1. The van der Waals surface area contributed by atoms with Gasteiger partial charge in [0, 0.05) is 0 Å². The number of unbranched alkanes of at least 4 members (excludes halogenated alkanes) is 15. The van der Waals surface area contributed by atoms with Crippen molar-refractivity contribution < 1.29 is 57.0 Å². The Morgan fingerprint density at radius 2 is 1.26 bits per heavy atom. The molecule has 274 valence electrons. The first-order chi connectivity index (χ1) is 21.9. The predicted octanol–water partition coefficient (Wildman–Crippen LogP) is 3.29. The van der Waals surface area contributed by atoms with Crippen molar-refractivity contribution in [3.05, 3.63) is 0 Å². The maximum absolute atomic E-state index is 12.8. The van der Waals surface area contributed by atoms with Crippen LogP contribution in [0.4, 0.5) is 0 Å². The van der Waals surface area contributed by atoms with Crippen LogP contribution in [0.15, 0.2) is 0 Å². The number of ether oxygens (including phenoxy) is 2. The normalized spacial score (nSPS) is 24.0. The van der Waals surface area contributed by atoms with Gasteiger partial charge in [-0.2, -0.15) is 8.42 Å². The fourth-order valence-electron chi connectivity index (χ4n) is 5.64. The minimum atomic E-state index is -5.09. The van der Waals surface area contributed by atoms with Crippen molar-refractivity contribution in [3.63, 3.8) is 0 Å². The van der Waals surface area contributed by atoms with E-state index in [-0.39, 0.29) is 6.42 Å². The average Bonchev–Trinajstić information content (AvgIpc) is 3.01. The van der Waals surface area contributed by atoms with E-state index in [0.717, 1.165) is 32.1 Å². The van der Waals surface area contributed by atoms with Crippen LogP contribution in [0.5, 0.6) is 0 Å². The van der Waals surface area contributed by atoms with Crippen molar-refractivity contribution >= 4 is 16.3 Å². The molecule has 7 N–H and O–H groups in total. The highest BCUT2D eigenvalue weighted by atomic mass is 32.3. The van der Waals surface area contributed by atoms with Gasteiger partial charge in [-0.25, -0.2) is 4.18 Å². The summed E-state index contributed by atoms with van der Waals surface area (Å²) in [6.07, 6.45) is 8.62. The monoisotopic (exact) mass is 685 g/mol. The van der Waals surface area contributed by atoms with Crippen LogP contribution in [0.25, 0.3) is 0 Å². The van der Waals surface area contributed by atoms with E-state index < -0.39 is 78.5 Å². The summed E-state index contributed by atoms with van der Waals surface area (Å²) in [6.45, 7) is 3.03. The molecule has 0 aromatic heterocycles. The molecule has 46 heavy (non-hydrogen) atoms. The van der Waals surface area contributed by atoms with Crippen molar-refractivity contribution in [2.45, 2.75) is 185 Å². The SMILES string of the molecule is CCCCCCCCCCCCCCCCC(O)C(=O)NC(COC1OC(CO)C(O)C(OS(=O)(=O)O)C1O)C(O)CCCCC. The molecule has 1 saturated heterocycles. The van der Waals surface area contributed by atoms with E-state index >= 15 is 0 Å². The number of carbonyl (C=O) groups is 1. The smallest absolute Gasteiger partial charge is 0.394 e. The van der Waals surface area contributed by atoms with Gasteiger partial charge >= 0.3 is 10.4 Å². The summed E-state index contributed by atoms with van der Waals surface area (Å²) in [4.78, 5) is 12.8. The topological polar surface area (TPSA) is 212 Å². The van der Waals surface area contributed by atoms with Crippen molar-refractivity contribution in [2.75, 3.05) is 13.2 Å². The number of hydrogen-bond acceptors (Lipinski definition) is 11. The third kappa shape index (κ3) is 18.6. The van der Waals surface area contributed by atoms with E-state index in [1.165, 1.54) is 64.2 Å². The lowest BCUT2D eigenvalue weighted by Gasteiger charge is -2.41. The van der Waals surface area contributed by atoms with Crippen LogP contribution < -0.4 is 5.32 Å². The summed E-state index contributed by atoms with van der Waals surface area (Å²) in [7, 11) is -5.09. The molecule has 8 atom stereocenters. The molecule has 13 nitrogen and oxygen atoms in total. The van der Waals surface area contributed by atoms with Crippen molar-refractivity contribution in [3.8, 4) is 0 Å². The Balaban J connectivity index is 2.52. The van der Waals surface area contributed by atoms with E-state index in [9.17, 15) is 38.7 Å². The number of carbonyl (C=O) groups excluding carboxylic acids is 1. The summed E-state index contributed by atoms with van der Waals surface area (Å²) < 4.78 is 46.8. The summed E-state index contributed by atoms with van der Waals surface area (Å²) in [5, 5.41) is 54.2. The molecule has 0 aromatic carbocycles.